The Balaban J connectivity index is 2.51. The number of esters is 1. The minimum Gasteiger partial charge on any atom is -0.478 e. The number of hydrogen-bond acceptors (Lipinski definition) is 5. The van der Waals surface area contributed by atoms with E-state index in [9.17, 15) is 9.59 Å². The first-order valence-electron chi connectivity index (χ1n) is 4.62. The molecule has 2 N–H and O–H groups in total. The number of anilines is 1. The molecule has 86 valence electrons. The zero-order valence-electron chi connectivity index (χ0n) is 8.77. The summed E-state index contributed by atoms with van der Waals surface area (Å²) in [4.78, 5) is 25.2. The molecule has 0 aliphatic rings. The van der Waals surface area contributed by atoms with Crippen LogP contribution in [0.5, 0.6) is 0 Å². The number of ether oxygens (including phenoxy) is 1. The van der Waals surface area contributed by atoms with E-state index in [1.807, 2.05) is 0 Å². The van der Waals surface area contributed by atoms with E-state index in [1.165, 1.54) is 25.6 Å². The first kappa shape index (κ1) is 12.0. The first-order chi connectivity index (χ1) is 7.63. The Labute approximate surface area is 92.3 Å². The molecule has 0 fully saturated rings. The van der Waals surface area contributed by atoms with Gasteiger partial charge < -0.3 is 15.2 Å². The zero-order chi connectivity index (χ0) is 12.0. The second-order valence-corrected chi connectivity index (χ2v) is 3.02. The van der Waals surface area contributed by atoms with Gasteiger partial charge in [-0.1, -0.05) is 0 Å². The number of carbonyl (C=O) groups is 2. The van der Waals surface area contributed by atoms with Crippen LogP contribution in [-0.4, -0.2) is 35.7 Å². The van der Waals surface area contributed by atoms with Crippen molar-refractivity contribution in [3.8, 4) is 0 Å². The van der Waals surface area contributed by atoms with Gasteiger partial charge in [-0.25, -0.2) is 4.79 Å². The van der Waals surface area contributed by atoms with Crippen molar-refractivity contribution in [1.82, 2.24) is 4.98 Å². The number of carboxylic acids is 1. The summed E-state index contributed by atoms with van der Waals surface area (Å²) in [6.07, 6.45) is 2.96. The summed E-state index contributed by atoms with van der Waals surface area (Å²) in [6, 6.07) is 1.45. The van der Waals surface area contributed by atoms with Crippen molar-refractivity contribution in [3.63, 3.8) is 0 Å². The Morgan fingerprint density at radius 2 is 2.25 bits per heavy atom. The molecule has 0 aliphatic heterocycles. The zero-order valence-corrected chi connectivity index (χ0v) is 8.77. The second-order valence-electron chi connectivity index (χ2n) is 3.02. The van der Waals surface area contributed by atoms with E-state index in [0.29, 0.717) is 12.2 Å². The third-order valence-corrected chi connectivity index (χ3v) is 1.87. The van der Waals surface area contributed by atoms with Gasteiger partial charge in [0.25, 0.3) is 0 Å². The molecular formula is C10H12N2O4. The van der Waals surface area contributed by atoms with Crippen molar-refractivity contribution in [2.75, 3.05) is 19.0 Å². The van der Waals surface area contributed by atoms with Gasteiger partial charge in [-0.15, -0.1) is 0 Å². The Kier molecular flexibility index (Phi) is 4.26. The van der Waals surface area contributed by atoms with Gasteiger partial charge in [0.05, 0.1) is 24.8 Å². The monoisotopic (exact) mass is 224 g/mol. The van der Waals surface area contributed by atoms with Gasteiger partial charge in [0.1, 0.15) is 0 Å². The fourth-order valence-electron chi connectivity index (χ4n) is 1.06. The Hall–Kier alpha value is -2.11. The van der Waals surface area contributed by atoms with Gasteiger partial charge in [0.2, 0.25) is 0 Å². The summed E-state index contributed by atoms with van der Waals surface area (Å²) < 4.78 is 4.46. The van der Waals surface area contributed by atoms with Gasteiger partial charge in [-0.05, 0) is 6.07 Å². The van der Waals surface area contributed by atoms with Crippen molar-refractivity contribution >= 4 is 17.6 Å². The third kappa shape index (κ3) is 3.56. The maximum absolute atomic E-state index is 10.8. The third-order valence-electron chi connectivity index (χ3n) is 1.87. The van der Waals surface area contributed by atoms with E-state index in [0.717, 1.165) is 0 Å². The van der Waals surface area contributed by atoms with Gasteiger partial charge in [-0.2, -0.15) is 0 Å². The number of carbonyl (C=O) groups excluding carboxylic acids is 1. The predicted molar refractivity (Wildman–Crippen MR) is 56.3 cm³/mol. The highest BCUT2D eigenvalue weighted by Crippen LogP contribution is 2.08. The molecule has 1 rings (SSSR count). The molecule has 0 bridgehead atoms. The summed E-state index contributed by atoms with van der Waals surface area (Å²) in [5.41, 5.74) is 0.659. The van der Waals surface area contributed by atoms with E-state index >= 15 is 0 Å². The fraction of sp³-hybridized carbons (Fsp3) is 0.300. The van der Waals surface area contributed by atoms with Crippen LogP contribution >= 0.6 is 0 Å². The number of methoxy groups -OCH3 is 1. The lowest BCUT2D eigenvalue weighted by Crippen LogP contribution is -2.10. The molecule has 6 heteroatoms. The van der Waals surface area contributed by atoms with Crippen LogP contribution < -0.4 is 5.32 Å². The lowest BCUT2D eigenvalue weighted by Gasteiger charge is -2.05. The molecular weight excluding hydrogens is 212 g/mol. The normalized spacial score (nSPS) is 9.56. The highest BCUT2D eigenvalue weighted by atomic mass is 16.5. The summed E-state index contributed by atoms with van der Waals surface area (Å²) in [5, 5.41) is 11.6. The van der Waals surface area contributed by atoms with Gasteiger partial charge >= 0.3 is 11.9 Å². The van der Waals surface area contributed by atoms with E-state index in [4.69, 9.17) is 5.11 Å². The van der Waals surface area contributed by atoms with Crippen molar-refractivity contribution < 1.29 is 19.4 Å². The molecule has 1 aromatic heterocycles. The summed E-state index contributed by atoms with van der Waals surface area (Å²) in [6.45, 7) is 0.372. The molecule has 0 aromatic carbocycles. The summed E-state index contributed by atoms with van der Waals surface area (Å²) >= 11 is 0. The fourth-order valence-corrected chi connectivity index (χ4v) is 1.06. The van der Waals surface area contributed by atoms with Crippen molar-refractivity contribution in [2.24, 2.45) is 0 Å². The molecule has 0 atom stereocenters. The quantitative estimate of drug-likeness (QED) is 0.717. The largest absolute Gasteiger partial charge is 0.478 e. The minimum absolute atomic E-state index is 0.100. The van der Waals surface area contributed by atoms with Crippen LogP contribution in [0.25, 0.3) is 0 Å². The van der Waals surface area contributed by atoms with Crippen LogP contribution in [0.1, 0.15) is 16.8 Å². The number of carboxylic acid groups (broad SMARTS) is 1. The van der Waals surface area contributed by atoms with Gasteiger partial charge in [-0.3, -0.25) is 9.78 Å². The van der Waals surface area contributed by atoms with E-state index in [2.05, 4.69) is 15.0 Å². The molecule has 0 saturated heterocycles. The Bertz CT molecular complexity index is 392. The minimum atomic E-state index is -1.04. The van der Waals surface area contributed by atoms with Crippen LogP contribution in [0.2, 0.25) is 0 Å². The molecule has 0 unspecified atom stereocenters. The number of rotatable bonds is 5. The number of nitrogens with one attached hydrogen (secondary N) is 1. The topological polar surface area (TPSA) is 88.5 Å². The lowest BCUT2D eigenvalue weighted by molar-refractivity contribution is -0.140. The average Bonchev–Trinajstić information content (AvgIpc) is 2.29. The summed E-state index contributed by atoms with van der Waals surface area (Å²) in [7, 11) is 1.31. The molecule has 0 amide bonds. The van der Waals surface area contributed by atoms with Crippen molar-refractivity contribution in [2.45, 2.75) is 6.42 Å². The Morgan fingerprint density at radius 1 is 1.50 bits per heavy atom. The average molecular weight is 224 g/mol. The van der Waals surface area contributed by atoms with Crippen LogP contribution in [0.3, 0.4) is 0 Å². The molecule has 0 spiro atoms. The highest BCUT2D eigenvalue weighted by Gasteiger charge is 2.04. The Morgan fingerprint density at radius 3 is 2.88 bits per heavy atom. The molecule has 0 aliphatic carbocycles. The predicted octanol–water partition coefficient (Wildman–Crippen LogP) is 0.755. The smallest absolute Gasteiger partial charge is 0.337 e. The molecule has 1 aromatic rings. The van der Waals surface area contributed by atoms with Crippen LogP contribution in [0.4, 0.5) is 5.69 Å². The second kappa shape index (κ2) is 5.69. The van der Waals surface area contributed by atoms with Crippen LogP contribution in [0.15, 0.2) is 18.5 Å². The van der Waals surface area contributed by atoms with Crippen molar-refractivity contribution in [1.29, 1.82) is 0 Å². The number of hydrogen-bond donors (Lipinski definition) is 2. The van der Waals surface area contributed by atoms with E-state index < -0.39 is 5.97 Å². The molecule has 0 radical (unpaired) electrons. The first-order valence-corrected chi connectivity index (χ1v) is 4.62. The number of pyridine rings is 1. The molecule has 6 nitrogen and oxygen atoms in total. The molecule has 0 saturated carbocycles. The number of aromatic nitrogens is 1. The SMILES string of the molecule is COC(=O)CCNc1cncc(C(=O)O)c1. The standard InChI is InChI=1S/C10H12N2O4/c1-16-9(13)2-3-12-8-4-7(10(14)15)5-11-6-8/h4-6,12H,2-3H2,1H3,(H,14,15). The number of nitrogens with zero attached hydrogens (tertiary/aromatic N) is 1. The maximum atomic E-state index is 10.8. The van der Waals surface area contributed by atoms with E-state index in [1.54, 1.807) is 0 Å². The highest BCUT2D eigenvalue weighted by molar-refractivity contribution is 5.88. The van der Waals surface area contributed by atoms with Gasteiger partial charge in [0, 0.05) is 18.9 Å². The summed E-state index contributed by atoms with van der Waals surface area (Å²) in [5.74, 6) is -1.36. The van der Waals surface area contributed by atoms with Crippen LogP contribution in [0, 0.1) is 0 Å². The van der Waals surface area contributed by atoms with Gasteiger partial charge in [0.15, 0.2) is 0 Å². The number of aromatic carboxylic acids is 1. The molecule has 16 heavy (non-hydrogen) atoms. The lowest BCUT2D eigenvalue weighted by atomic mass is 10.2. The van der Waals surface area contributed by atoms with Crippen LogP contribution in [-0.2, 0) is 9.53 Å². The van der Waals surface area contributed by atoms with Crippen molar-refractivity contribution in [3.05, 3.63) is 24.0 Å². The van der Waals surface area contributed by atoms with E-state index in [-0.39, 0.29) is 18.0 Å². The molecule has 1 heterocycles. The maximum Gasteiger partial charge on any atom is 0.337 e.